The van der Waals surface area contributed by atoms with Crippen molar-refractivity contribution < 1.29 is 0 Å². The van der Waals surface area contributed by atoms with E-state index in [-0.39, 0.29) is 0 Å². The van der Waals surface area contributed by atoms with Gasteiger partial charge in [-0.2, -0.15) is 0 Å². The Balaban J connectivity index is 2.11. The van der Waals surface area contributed by atoms with Crippen molar-refractivity contribution in [3.63, 3.8) is 0 Å². The van der Waals surface area contributed by atoms with Crippen molar-refractivity contribution in [2.45, 2.75) is 30.2 Å². The van der Waals surface area contributed by atoms with E-state index in [0.29, 0.717) is 11.3 Å². The van der Waals surface area contributed by atoms with Crippen LogP contribution in [0.15, 0.2) is 59.8 Å². The summed E-state index contributed by atoms with van der Waals surface area (Å²) in [5.74, 6) is 0. The largest absolute Gasteiger partial charge is 0.309 e. The Kier molecular flexibility index (Phi) is 5.43. The smallest absolute Gasteiger partial charge is 0.0963 e. The van der Waals surface area contributed by atoms with Crippen LogP contribution >= 0.6 is 11.8 Å². The molecular formula is C16H20N2S. The predicted octanol–water partition coefficient (Wildman–Crippen LogP) is 3.91. The van der Waals surface area contributed by atoms with E-state index in [4.69, 9.17) is 0 Å². The molecule has 0 aliphatic rings. The van der Waals surface area contributed by atoms with E-state index in [1.54, 1.807) is 0 Å². The van der Waals surface area contributed by atoms with Gasteiger partial charge in [-0.3, -0.25) is 0 Å². The van der Waals surface area contributed by atoms with Gasteiger partial charge >= 0.3 is 0 Å². The minimum absolute atomic E-state index is 0.346. The summed E-state index contributed by atoms with van der Waals surface area (Å²) in [6.07, 6.45) is 1.85. The van der Waals surface area contributed by atoms with E-state index >= 15 is 0 Å². The maximum absolute atomic E-state index is 4.39. The number of pyridine rings is 1. The normalized spacial score (nSPS) is 14.0. The fourth-order valence-electron chi connectivity index (χ4n) is 2.11. The lowest BCUT2D eigenvalue weighted by Gasteiger charge is -2.24. The highest BCUT2D eigenvalue weighted by atomic mass is 32.2. The first-order chi connectivity index (χ1) is 9.31. The number of rotatable bonds is 6. The molecule has 0 saturated carbocycles. The number of aromatic nitrogens is 1. The van der Waals surface area contributed by atoms with Crippen LogP contribution in [0.1, 0.15) is 25.5 Å². The third kappa shape index (κ3) is 4.08. The van der Waals surface area contributed by atoms with Gasteiger partial charge < -0.3 is 5.32 Å². The predicted molar refractivity (Wildman–Crippen MR) is 82.4 cm³/mol. The molecule has 2 rings (SSSR count). The quantitative estimate of drug-likeness (QED) is 0.807. The Hall–Kier alpha value is -1.32. The molecule has 2 nitrogen and oxygen atoms in total. The first-order valence-electron chi connectivity index (χ1n) is 6.67. The van der Waals surface area contributed by atoms with Gasteiger partial charge in [-0.1, -0.05) is 50.2 Å². The molecule has 0 radical (unpaired) electrons. The first kappa shape index (κ1) is 14.1. The summed E-state index contributed by atoms with van der Waals surface area (Å²) in [4.78, 5) is 4.39. The fourth-order valence-corrected chi connectivity index (χ4v) is 3.16. The summed E-state index contributed by atoms with van der Waals surface area (Å²) < 4.78 is 0. The monoisotopic (exact) mass is 272 g/mol. The Morgan fingerprint density at radius 2 is 1.84 bits per heavy atom. The maximum atomic E-state index is 4.39. The Labute approximate surface area is 119 Å². The molecule has 19 heavy (non-hydrogen) atoms. The van der Waals surface area contributed by atoms with Crippen molar-refractivity contribution >= 4 is 11.8 Å². The van der Waals surface area contributed by atoms with E-state index in [0.717, 1.165) is 11.6 Å². The SMILES string of the molecule is CCNC(c1ccccc1)C(C)Sc1ccccn1. The van der Waals surface area contributed by atoms with Gasteiger partial charge in [0.2, 0.25) is 0 Å². The van der Waals surface area contributed by atoms with Crippen molar-refractivity contribution in [2.24, 2.45) is 0 Å². The van der Waals surface area contributed by atoms with E-state index in [2.05, 4.69) is 60.5 Å². The summed E-state index contributed by atoms with van der Waals surface area (Å²) in [5.41, 5.74) is 1.33. The lowest BCUT2D eigenvalue weighted by molar-refractivity contribution is 0.547. The van der Waals surface area contributed by atoms with Crippen LogP contribution in [-0.4, -0.2) is 16.8 Å². The van der Waals surface area contributed by atoms with Gasteiger partial charge in [-0.15, -0.1) is 11.8 Å². The van der Waals surface area contributed by atoms with Crippen LogP contribution < -0.4 is 5.32 Å². The van der Waals surface area contributed by atoms with Crippen molar-refractivity contribution in [1.29, 1.82) is 0 Å². The number of nitrogens with one attached hydrogen (secondary N) is 1. The van der Waals surface area contributed by atoms with Crippen molar-refractivity contribution in [1.82, 2.24) is 10.3 Å². The van der Waals surface area contributed by atoms with Crippen LogP contribution in [0.4, 0.5) is 0 Å². The third-order valence-electron chi connectivity index (χ3n) is 3.00. The lowest BCUT2D eigenvalue weighted by atomic mass is 10.0. The Bertz CT molecular complexity index is 473. The topological polar surface area (TPSA) is 24.9 Å². The van der Waals surface area contributed by atoms with Crippen molar-refractivity contribution in [2.75, 3.05) is 6.54 Å². The Morgan fingerprint density at radius 1 is 1.11 bits per heavy atom. The third-order valence-corrected chi connectivity index (χ3v) is 4.12. The molecule has 0 aliphatic carbocycles. The van der Waals surface area contributed by atoms with Crippen LogP contribution in [0, 0.1) is 0 Å². The molecular weight excluding hydrogens is 252 g/mol. The summed E-state index contributed by atoms with van der Waals surface area (Å²) >= 11 is 1.81. The van der Waals surface area contributed by atoms with E-state index in [1.165, 1.54) is 5.56 Å². The molecule has 0 saturated heterocycles. The van der Waals surface area contributed by atoms with Gasteiger partial charge in [0.25, 0.3) is 0 Å². The minimum Gasteiger partial charge on any atom is -0.309 e. The van der Waals surface area contributed by atoms with Gasteiger partial charge in [0.15, 0.2) is 0 Å². The Morgan fingerprint density at radius 3 is 2.47 bits per heavy atom. The molecule has 2 unspecified atom stereocenters. The average Bonchev–Trinajstić information content (AvgIpc) is 2.46. The minimum atomic E-state index is 0.346. The number of hydrogen-bond donors (Lipinski definition) is 1. The summed E-state index contributed by atoms with van der Waals surface area (Å²) in [5, 5.41) is 5.08. The molecule has 0 fully saturated rings. The molecule has 1 aromatic heterocycles. The summed E-state index contributed by atoms with van der Waals surface area (Å²) in [6, 6.07) is 17.0. The van der Waals surface area contributed by atoms with Gasteiger partial charge in [-0.25, -0.2) is 4.98 Å². The molecule has 2 aromatic rings. The zero-order valence-electron chi connectivity index (χ0n) is 11.4. The second kappa shape index (κ2) is 7.31. The molecule has 2 atom stereocenters. The summed E-state index contributed by atoms with van der Waals surface area (Å²) in [6.45, 7) is 5.36. The highest BCUT2D eigenvalue weighted by Gasteiger charge is 2.19. The standard InChI is InChI=1S/C16H20N2S/c1-3-17-16(14-9-5-4-6-10-14)13(2)19-15-11-7-8-12-18-15/h4-13,16-17H,3H2,1-2H3. The maximum Gasteiger partial charge on any atom is 0.0963 e. The molecule has 1 aromatic carbocycles. The van der Waals surface area contributed by atoms with E-state index < -0.39 is 0 Å². The van der Waals surface area contributed by atoms with Crippen LogP contribution in [-0.2, 0) is 0 Å². The molecule has 0 spiro atoms. The lowest BCUT2D eigenvalue weighted by Crippen LogP contribution is -2.28. The summed E-state index contributed by atoms with van der Waals surface area (Å²) in [7, 11) is 0. The molecule has 3 heteroatoms. The second-order valence-electron chi connectivity index (χ2n) is 4.44. The van der Waals surface area contributed by atoms with Gasteiger partial charge in [0, 0.05) is 17.5 Å². The second-order valence-corrected chi connectivity index (χ2v) is 5.83. The van der Waals surface area contributed by atoms with Crippen LogP contribution in [0.3, 0.4) is 0 Å². The zero-order valence-corrected chi connectivity index (χ0v) is 12.2. The highest BCUT2D eigenvalue weighted by Crippen LogP contribution is 2.30. The molecule has 0 bridgehead atoms. The molecule has 100 valence electrons. The zero-order chi connectivity index (χ0) is 13.5. The molecule has 1 heterocycles. The van der Waals surface area contributed by atoms with Crippen LogP contribution in [0.5, 0.6) is 0 Å². The van der Waals surface area contributed by atoms with E-state index in [1.807, 2.05) is 30.1 Å². The van der Waals surface area contributed by atoms with Crippen LogP contribution in [0.25, 0.3) is 0 Å². The van der Waals surface area contributed by atoms with Crippen molar-refractivity contribution in [3.05, 3.63) is 60.3 Å². The number of benzene rings is 1. The van der Waals surface area contributed by atoms with Crippen LogP contribution in [0.2, 0.25) is 0 Å². The molecule has 0 amide bonds. The number of thioether (sulfide) groups is 1. The number of hydrogen-bond acceptors (Lipinski definition) is 3. The highest BCUT2D eigenvalue weighted by molar-refractivity contribution is 7.99. The molecule has 0 aliphatic heterocycles. The number of nitrogens with zero attached hydrogens (tertiary/aromatic N) is 1. The van der Waals surface area contributed by atoms with Gasteiger partial charge in [-0.05, 0) is 24.2 Å². The molecule has 1 N–H and O–H groups in total. The van der Waals surface area contributed by atoms with Gasteiger partial charge in [0.1, 0.15) is 0 Å². The van der Waals surface area contributed by atoms with Gasteiger partial charge in [0.05, 0.1) is 5.03 Å². The fraction of sp³-hybridized carbons (Fsp3) is 0.312. The van der Waals surface area contributed by atoms with Crippen molar-refractivity contribution in [3.8, 4) is 0 Å². The van der Waals surface area contributed by atoms with E-state index in [9.17, 15) is 0 Å². The average molecular weight is 272 g/mol. The first-order valence-corrected chi connectivity index (χ1v) is 7.55.